The van der Waals surface area contributed by atoms with E-state index in [1.54, 1.807) is 6.92 Å². The van der Waals surface area contributed by atoms with Crippen molar-refractivity contribution in [2.24, 2.45) is 10.9 Å². The summed E-state index contributed by atoms with van der Waals surface area (Å²) in [4.78, 5) is 42.7. The fourth-order valence-electron chi connectivity index (χ4n) is 5.37. The normalized spacial score (nSPS) is 20.9. The summed E-state index contributed by atoms with van der Waals surface area (Å²) < 4.78 is 5.65. The maximum atomic E-state index is 13.7. The second-order valence-corrected chi connectivity index (χ2v) is 9.59. The fourth-order valence-corrected chi connectivity index (χ4v) is 5.37. The first-order valence-electron chi connectivity index (χ1n) is 12.4. The van der Waals surface area contributed by atoms with Gasteiger partial charge in [-0.25, -0.2) is 0 Å². The molecule has 3 aromatic carbocycles. The van der Waals surface area contributed by atoms with Gasteiger partial charge in [-0.15, -0.1) is 0 Å². The number of aliphatic imine (C=N–C) groups is 1. The molecule has 1 aliphatic heterocycles. The Labute approximate surface area is 219 Å². The summed E-state index contributed by atoms with van der Waals surface area (Å²) in [5.41, 5.74) is 2.94. The quantitative estimate of drug-likeness (QED) is 0.262. The Morgan fingerprint density at radius 2 is 1.68 bits per heavy atom. The lowest BCUT2D eigenvalue weighted by molar-refractivity contribution is -0.398. The molecular formula is C30H25N2O6-. The van der Waals surface area contributed by atoms with Crippen LogP contribution in [0.15, 0.2) is 95.1 Å². The average Bonchev–Trinajstić information content (AvgIpc) is 2.92. The molecule has 192 valence electrons. The Morgan fingerprint density at radius 1 is 1.00 bits per heavy atom. The Kier molecular flexibility index (Phi) is 6.87. The average molecular weight is 510 g/mol. The standard InChI is InChI=1S/C30H26N2O6/c1-18-27(30(35)38-17-19-8-4-2-5-9-19)28(21-12-13-25(33)24(15-21)32(36)37)29-23(31-18)14-22(16-26(29)34)20-10-6-3-7-11-20/h2-13,15,22,27-28,33H,14,16-17H2,1H3/p-1/t22-,27?,28-/m1/s1. The third kappa shape index (κ3) is 4.85. The number of carbonyl (C=O) groups excluding carboxylic acids is 2. The molecule has 3 atom stereocenters. The lowest BCUT2D eigenvalue weighted by Crippen LogP contribution is -2.38. The van der Waals surface area contributed by atoms with Crippen LogP contribution >= 0.6 is 0 Å². The van der Waals surface area contributed by atoms with E-state index in [9.17, 15) is 24.8 Å². The highest BCUT2D eigenvalue weighted by atomic mass is 16.6. The number of benzene rings is 3. The van der Waals surface area contributed by atoms with E-state index < -0.39 is 34.2 Å². The molecule has 0 radical (unpaired) electrons. The number of hydrogen-bond acceptors (Lipinski definition) is 7. The van der Waals surface area contributed by atoms with Gasteiger partial charge >= 0.3 is 5.97 Å². The molecule has 8 heteroatoms. The van der Waals surface area contributed by atoms with Crippen molar-refractivity contribution in [3.63, 3.8) is 0 Å². The second kappa shape index (κ2) is 10.4. The smallest absolute Gasteiger partial charge is 0.315 e. The molecule has 0 bridgehead atoms. The molecule has 0 fully saturated rings. The molecule has 0 saturated heterocycles. The summed E-state index contributed by atoms with van der Waals surface area (Å²) in [6, 6.07) is 22.6. The molecule has 0 amide bonds. The summed E-state index contributed by atoms with van der Waals surface area (Å²) >= 11 is 0. The van der Waals surface area contributed by atoms with E-state index in [-0.39, 0.29) is 24.7 Å². The zero-order valence-corrected chi connectivity index (χ0v) is 20.7. The van der Waals surface area contributed by atoms with Gasteiger partial charge in [-0.1, -0.05) is 72.8 Å². The van der Waals surface area contributed by atoms with Crippen LogP contribution < -0.4 is 5.11 Å². The monoisotopic (exact) mass is 509 g/mol. The van der Waals surface area contributed by atoms with Crippen molar-refractivity contribution in [3.05, 3.63) is 117 Å². The van der Waals surface area contributed by atoms with E-state index in [1.807, 2.05) is 60.7 Å². The molecule has 38 heavy (non-hydrogen) atoms. The van der Waals surface area contributed by atoms with Crippen LogP contribution in [0, 0.1) is 16.0 Å². The van der Waals surface area contributed by atoms with Gasteiger partial charge in [0.2, 0.25) is 0 Å². The first-order valence-corrected chi connectivity index (χ1v) is 12.4. The van der Waals surface area contributed by atoms with Crippen LogP contribution in [-0.4, -0.2) is 22.4 Å². The van der Waals surface area contributed by atoms with Crippen molar-refractivity contribution < 1.29 is 24.4 Å². The first kappa shape index (κ1) is 25.1. The summed E-state index contributed by atoms with van der Waals surface area (Å²) in [6.07, 6.45) is 0.716. The fraction of sp³-hybridized carbons (Fsp3) is 0.233. The summed E-state index contributed by atoms with van der Waals surface area (Å²) in [7, 11) is 0. The first-order chi connectivity index (χ1) is 18.3. The Balaban J connectivity index is 1.56. The number of ketones is 1. The SMILES string of the molecule is CC1=NC2=C(C(=O)C[C@H](c3ccccc3)C2)[C@H](c2ccc([O-])c([N+](=O)[O-])c2)C1C(=O)OCc1ccccc1. The van der Waals surface area contributed by atoms with Gasteiger partial charge in [0.25, 0.3) is 5.69 Å². The van der Waals surface area contributed by atoms with Crippen LogP contribution in [0.25, 0.3) is 0 Å². The van der Waals surface area contributed by atoms with Crippen LogP contribution in [0.2, 0.25) is 0 Å². The molecule has 1 unspecified atom stereocenters. The van der Waals surface area contributed by atoms with E-state index in [0.717, 1.165) is 17.2 Å². The molecule has 0 saturated carbocycles. The molecule has 3 aromatic rings. The van der Waals surface area contributed by atoms with Crippen LogP contribution in [-0.2, 0) is 20.9 Å². The number of nitrogens with zero attached hydrogens (tertiary/aromatic N) is 2. The van der Waals surface area contributed by atoms with E-state index in [1.165, 1.54) is 12.1 Å². The molecule has 0 aromatic heterocycles. The summed E-state index contributed by atoms with van der Waals surface area (Å²) in [5, 5.41) is 23.7. The van der Waals surface area contributed by atoms with E-state index >= 15 is 0 Å². The van der Waals surface area contributed by atoms with E-state index in [2.05, 4.69) is 0 Å². The Hall–Kier alpha value is -4.59. The van der Waals surface area contributed by atoms with Gasteiger partial charge in [-0.05, 0) is 41.7 Å². The maximum Gasteiger partial charge on any atom is 0.315 e. The molecule has 8 nitrogen and oxygen atoms in total. The zero-order valence-electron chi connectivity index (χ0n) is 20.7. The summed E-state index contributed by atoms with van der Waals surface area (Å²) in [6.45, 7) is 1.74. The van der Waals surface area contributed by atoms with Crippen LogP contribution in [0.1, 0.15) is 48.3 Å². The van der Waals surface area contributed by atoms with Crippen LogP contribution in [0.5, 0.6) is 5.75 Å². The zero-order chi connectivity index (χ0) is 26.8. The van der Waals surface area contributed by atoms with Gasteiger partial charge in [0, 0.05) is 35.4 Å². The highest BCUT2D eigenvalue weighted by molar-refractivity contribution is 6.09. The number of allylic oxidation sites excluding steroid dienone is 2. The minimum atomic E-state index is -0.966. The minimum Gasteiger partial charge on any atom is -0.868 e. The lowest BCUT2D eigenvalue weighted by atomic mass is 9.69. The molecular weight excluding hydrogens is 484 g/mol. The number of Topliss-reactive ketones (excluding diaryl/α,β-unsaturated/α-hetero) is 1. The topological polar surface area (TPSA) is 122 Å². The number of nitro groups is 1. The lowest BCUT2D eigenvalue weighted by Gasteiger charge is -2.36. The molecule has 0 N–H and O–H groups in total. The molecule has 0 spiro atoms. The largest absolute Gasteiger partial charge is 0.868 e. The van der Waals surface area contributed by atoms with E-state index in [0.29, 0.717) is 29.0 Å². The molecule has 2 aliphatic rings. The highest BCUT2D eigenvalue weighted by Gasteiger charge is 2.45. The van der Waals surface area contributed by atoms with Gasteiger partial charge in [0.1, 0.15) is 12.5 Å². The Bertz CT molecular complexity index is 1460. The molecule has 5 rings (SSSR count). The third-order valence-electron chi connectivity index (χ3n) is 7.18. The minimum absolute atomic E-state index is 0.0335. The highest BCUT2D eigenvalue weighted by Crippen LogP contribution is 2.47. The third-order valence-corrected chi connectivity index (χ3v) is 7.18. The summed E-state index contributed by atoms with van der Waals surface area (Å²) in [5.74, 6) is -3.38. The van der Waals surface area contributed by atoms with Crippen molar-refractivity contribution >= 4 is 23.2 Å². The van der Waals surface area contributed by atoms with Crippen molar-refractivity contribution in [1.29, 1.82) is 0 Å². The number of ether oxygens (including phenoxy) is 1. The van der Waals surface area contributed by atoms with Gasteiger partial charge in [-0.3, -0.25) is 24.7 Å². The van der Waals surface area contributed by atoms with Crippen LogP contribution in [0.3, 0.4) is 0 Å². The van der Waals surface area contributed by atoms with Crippen molar-refractivity contribution in [2.75, 3.05) is 0 Å². The number of carbonyl (C=O) groups is 2. The Morgan fingerprint density at radius 3 is 2.37 bits per heavy atom. The number of rotatable bonds is 6. The molecule has 1 aliphatic carbocycles. The predicted octanol–water partition coefficient (Wildman–Crippen LogP) is 4.99. The van der Waals surface area contributed by atoms with Gasteiger partial charge < -0.3 is 9.84 Å². The number of hydrogen-bond donors (Lipinski definition) is 0. The van der Waals surface area contributed by atoms with Gasteiger partial charge in [0.15, 0.2) is 5.78 Å². The molecule has 1 heterocycles. The number of nitro benzene ring substituents is 1. The maximum absolute atomic E-state index is 13.7. The van der Waals surface area contributed by atoms with Crippen molar-refractivity contribution in [1.82, 2.24) is 0 Å². The van der Waals surface area contributed by atoms with Crippen molar-refractivity contribution in [2.45, 2.75) is 38.2 Å². The van der Waals surface area contributed by atoms with Gasteiger partial charge in [0.05, 0.1) is 4.92 Å². The van der Waals surface area contributed by atoms with Crippen molar-refractivity contribution in [3.8, 4) is 5.75 Å². The second-order valence-electron chi connectivity index (χ2n) is 9.59. The number of esters is 1. The van der Waals surface area contributed by atoms with E-state index in [4.69, 9.17) is 9.73 Å². The van der Waals surface area contributed by atoms with Crippen LogP contribution in [0.4, 0.5) is 5.69 Å². The predicted molar refractivity (Wildman–Crippen MR) is 139 cm³/mol. The van der Waals surface area contributed by atoms with Gasteiger partial charge in [-0.2, -0.15) is 0 Å².